The van der Waals surface area contributed by atoms with Gasteiger partial charge in [-0.25, -0.2) is 0 Å². The molecular weight excluding hydrogens is 220 g/mol. The lowest BCUT2D eigenvalue weighted by Gasteiger charge is -1.81. The summed E-state index contributed by atoms with van der Waals surface area (Å²) in [6, 6.07) is 1.69. The highest BCUT2D eigenvalue weighted by molar-refractivity contribution is 9.09. The van der Waals surface area contributed by atoms with Gasteiger partial charge in [-0.05, 0) is 6.07 Å². The first kappa shape index (κ1) is 9.08. The predicted octanol–water partition coefficient (Wildman–Crippen LogP) is 2.23. The Hall–Kier alpha value is -1.01. The molecule has 62 valence electrons. The van der Waals surface area contributed by atoms with Crippen molar-refractivity contribution in [2.75, 3.05) is 5.33 Å². The van der Waals surface area contributed by atoms with Crippen molar-refractivity contribution in [3.63, 3.8) is 0 Å². The van der Waals surface area contributed by atoms with E-state index < -0.39 is 0 Å². The lowest BCUT2D eigenvalue weighted by molar-refractivity contribution is 0.110. The summed E-state index contributed by atoms with van der Waals surface area (Å²) in [5.74, 6) is 6.04. The van der Waals surface area contributed by atoms with Gasteiger partial charge in [0.15, 0.2) is 12.0 Å². The van der Waals surface area contributed by atoms with Crippen LogP contribution >= 0.6 is 15.9 Å². The number of furan rings is 1. The van der Waals surface area contributed by atoms with Gasteiger partial charge >= 0.3 is 0 Å². The van der Waals surface area contributed by atoms with Gasteiger partial charge in [-0.15, -0.1) is 0 Å². The molecule has 0 aliphatic carbocycles. The van der Waals surface area contributed by atoms with E-state index in [1.807, 2.05) is 0 Å². The Kier molecular flexibility index (Phi) is 3.62. The van der Waals surface area contributed by atoms with Crippen LogP contribution < -0.4 is 0 Å². The molecule has 1 rings (SSSR count). The molecule has 3 heteroatoms. The monoisotopic (exact) mass is 226 g/mol. The van der Waals surface area contributed by atoms with E-state index in [0.29, 0.717) is 17.6 Å². The summed E-state index contributed by atoms with van der Waals surface area (Å²) in [5, 5.41) is 0.842. The number of hydrogen-bond donors (Lipinski definition) is 0. The zero-order valence-corrected chi connectivity index (χ0v) is 7.93. The molecule has 0 N–H and O–H groups in total. The van der Waals surface area contributed by atoms with Crippen LogP contribution in [0.3, 0.4) is 0 Å². The number of halogens is 1. The number of carbonyl (C=O) groups excluding carboxylic acids is 1. The molecule has 0 aliphatic rings. The summed E-state index contributed by atoms with van der Waals surface area (Å²) in [7, 11) is 0. The Morgan fingerprint density at radius 2 is 2.50 bits per heavy atom. The molecule has 0 atom stereocenters. The maximum Gasteiger partial charge on any atom is 0.186 e. The van der Waals surface area contributed by atoms with Crippen molar-refractivity contribution in [2.24, 2.45) is 0 Å². The maximum absolute atomic E-state index is 10.4. The first-order chi connectivity index (χ1) is 5.88. The number of rotatable bonds is 2. The molecule has 0 bridgehead atoms. The standard InChI is InChI=1S/C9H7BrO2/c10-5-2-1-3-8-4-6-12-9(8)7-11/h4,6-7H,2,5H2. The van der Waals surface area contributed by atoms with Gasteiger partial charge in [0.05, 0.1) is 11.8 Å². The minimum absolute atomic E-state index is 0.303. The van der Waals surface area contributed by atoms with Crippen LogP contribution in [-0.4, -0.2) is 11.6 Å². The second-order valence-electron chi connectivity index (χ2n) is 2.06. The molecule has 2 nitrogen and oxygen atoms in total. The quantitative estimate of drug-likeness (QED) is 0.440. The van der Waals surface area contributed by atoms with E-state index in [1.165, 1.54) is 6.26 Å². The molecule has 0 unspecified atom stereocenters. The first-order valence-electron chi connectivity index (χ1n) is 3.46. The van der Waals surface area contributed by atoms with E-state index in [9.17, 15) is 4.79 Å². The van der Waals surface area contributed by atoms with Gasteiger partial charge in [0.2, 0.25) is 0 Å². The Bertz CT molecular complexity index is 317. The molecule has 1 aromatic heterocycles. The van der Waals surface area contributed by atoms with Crippen LogP contribution in [0, 0.1) is 11.8 Å². The molecule has 0 aromatic carbocycles. The third kappa shape index (κ3) is 2.24. The van der Waals surface area contributed by atoms with E-state index in [2.05, 4.69) is 27.8 Å². The Morgan fingerprint density at radius 3 is 3.17 bits per heavy atom. The fraction of sp³-hybridized carbons (Fsp3) is 0.222. The third-order valence-corrected chi connectivity index (χ3v) is 1.64. The summed E-state index contributed by atoms with van der Waals surface area (Å²) in [4.78, 5) is 10.4. The lowest BCUT2D eigenvalue weighted by atomic mass is 10.2. The van der Waals surface area contributed by atoms with Gasteiger partial charge in [-0.3, -0.25) is 4.79 Å². The topological polar surface area (TPSA) is 30.2 Å². The van der Waals surface area contributed by atoms with E-state index in [4.69, 9.17) is 4.42 Å². The van der Waals surface area contributed by atoms with Crippen molar-refractivity contribution in [2.45, 2.75) is 6.42 Å². The van der Waals surface area contributed by atoms with Crippen molar-refractivity contribution in [3.05, 3.63) is 23.7 Å². The van der Waals surface area contributed by atoms with Crippen LogP contribution in [0.15, 0.2) is 16.7 Å². The molecule has 1 aromatic rings. The lowest BCUT2D eigenvalue weighted by Crippen LogP contribution is -1.78. The number of aldehydes is 1. The van der Waals surface area contributed by atoms with Crippen molar-refractivity contribution in [1.29, 1.82) is 0 Å². The van der Waals surface area contributed by atoms with Gasteiger partial charge in [0, 0.05) is 11.8 Å². The Labute approximate surface area is 79.1 Å². The number of alkyl halides is 1. The second kappa shape index (κ2) is 4.78. The summed E-state index contributed by atoms with van der Waals surface area (Å²) < 4.78 is 4.86. The van der Waals surface area contributed by atoms with E-state index in [-0.39, 0.29) is 0 Å². The van der Waals surface area contributed by atoms with E-state index >= 15 is 0 Å². The minimum Gasteiger partial charge on any atom is -0.460 e. The summed E-state index contributed by atoms with van der Waals surface area (Å²) >= 11 is 3.25. The van der Waals surface area contributed by atoms with Crippen LogP contribution in [-0.2, 0) is 0 Å². The Morgan fingerprint density at radius 1 is 1.67 bits per heavy atom. The van der Waals surface area contributed by atoms with Gasteiger partial charge in [0.25, 0.3) is 0 Å². The zero-order chi connectivity index (χ0) is 8.81. The van der Waals surface area contributed by atoms with Crippen LogP contribution in [0.1, 0.15) is 22.5 Å². The number of carbonyl (C=O) groups is 1. The van der Waals surface area contributed by atoms with Gasteiger partial charge in [0.1, 0.15) is 0 Å². The van der Waals surface area contributed by atoms with Crippen LogP contribution in [0.2, 0.25) is 0 Å². The normalized spacial score (nSPS) is 8.75. The van der Waals surface area contributed by atoms with Crippen LogP contribution in [0.4, 0.5) is 0 Å². The smallest absolute Gasteiger partial charge is 0.186 e. The largest absolute Gasteiger partial charge is 0.460 e. The third-order valence-electron chi connectivity index (χ3n) is 1.24. The van der Waals surface area contributed by atoms with Gasteiger partial charge in [-0.2, -0.15) is 0 Å². The molecule has 0 saturated heterocycles. The molecule has 0 amide bonds. The predicted molar refractivity (Wildman–Crippen MR) is 49.4 cm³/mol. The molecule has 0 radical (unpaired) electrons. The molecule has 0 fully saturated rings. The molecule has 12 heavy (non-hydrogen) atoms. The summed E-state index contributed by atoms with van der Waals surface area (Å²) in [5.41, 5.74) is 0.658. The summed E-state index contributed by atoms with van der Waals surface area (Å²) in [6.45, 7) is 0. The van der Waals surface area contributed by atoms with E-state index in [0.717, 1.165) is 11.8 Å². The van der Waals surface area contributed by atoms with Crippen molar-refractivity contribution >= 4 is 22.2 Å². The SMILES string of the molecule is O=Cc1occc1C#CCCBr. The fourth-order valence-corrected chi connectivity index (χ4v) is 0.919. The molecule has 0 spiro atoms. The molecule has 0 saturated carbocycles. The summed E-state index contributed by atoms with van der Waals surface area (Å²) in [6.07, 6.45) is 2.89. The van der Waals surface area contributed by atoms with Crippen molar-refractivity contribution < 1.29 is 9.21 Å². The fourth-order valence-electron chi connectivity index (χ4n) is 0.720. The van der Waals surface area contributed by atoms with Crippen molar-refractivity contribution in [1.82, 2.24) is 0 Å². The number of hydrogen-bond acceptors (Lipinski definition) is 2. The van der Waals surface area contributed by atoms with Gasteiger partial charge < -0.3 is 4.42 Å². The maximum atomic E-state index is 10.4. The average molecular weight is 227 g/mol. The Balaban J connectivity index is 2.76. The zero-order valence-electron chi connectivity index (χ0n) is 6.34. The second-order valence-corrected chi connectivity index (χ2v) is 2.85. The first-order valence-corrected chi connectivity index (χ1v) is 4.58. The highest BCUT2D eigenvalue weighted by atomic mass is 79.9. The molecular formula is C9H7BrO2. The van der Waals surface area contributed by atoms with Crippen molar-refractivity contribution in [3.8, 4) is 11.8 Å². The van der Waals surface area contributed by atoms with Gasteiger partial charge in [-0.1, -0.05) is 27.8 Å². The minimum atomic E-state index is 0.303. The highest BCUT2D eigenvalue weighted by Gasteiger charge is 1.99. The van der Waals surface area contributed by atoms with E-state index in [1.54, 1.807) is 6.07 Å². The van der Waals surface area contributed by atoms with Crippen LogP contribution in [0.5, 0.6) is 0 Å². The highest BCUT2D eigenvalue weighted by Crippen LogP contribution is 2.05. The molecule has 1 heterocycles. The average Bonchev–Trinajstić information content (AvgIpc) is 2.52. The van der Waals surface area contributed by atoms with Crippen LogP contribution in [0.25, 0.3) is 0 Å². The molecule has 0 aliphatic heterocycles.